The number of pyridine rings is 1. The van der Waals surface area contributed by atoms with Gasteiger partial charge < -0.3 is 10.1 Å². The van der Waals surface area contributed by atoms with E-state index in [1.165, 1.54) is 0 Å². The minimum absolute atomic E-state index is 0.0388. The second-order valence-electron chi connectivity index (χ2n) is 5.51. The molecular weight excluding hydrogens is 348 g/mol. The largest absolute Gasteiger partial charge is 0.473 e. The van der Waals surface area contributed by atoms with E-state index in [1.54, 1.807) is 6.07 Å². The fourth-order valence-electron chi connectivity index (χ4n) is 2.20. The lowest BCUT2D eigenvalue weighted by Crippen LogP contribution is -2.14. The number of hydrogen-bond donors (Lipinski definition) is 3. The number of halogens is 1. The van der Waals surface area contributed by atoms with Gasteiger partial charge in [0.25, 0.3) is 0 Å². The Labute approximate surface area is 149 Å². The fourth-order valence-corrected chi connectivity index (χ4v) is 2.53. The molecule has 0 aromatic carbocycles. The van der Waals surface area contributed by atoms with Gasteiger partial charge in [-0.1, -0.05) is 17.7 Å². The van der Waals surface area contributed by atoms with Crippen LogP contribution in [-0.2, 0) is 0 Å². The van der Waals surface area contributed by atoms with Gasteiger partial charge in [-0.2, -0.15) is 4.98 Å². The van der Waals surface area contributed by atoms with Crippen LogP contribution >= 0.6 is 23.5 Å². The van der Waals surface area contributed by atoms with Crippen LogP contribution in [0.25, 0.3) is 0 Å². The summed E-state index contributed by atoms with van der Waals surface area (Å²) in [6.07, 6.45) is 2.80. The van der Waals surface area contributed by atoms with E-state index in [0.29, 0.717) is 11.8 Å². The predicted molar refractivity (Wildman–Crippen MR) is 95.8 cm³/mol. The van der Waals surface area contributed by atoms with E-state index in [-0.39, 0.29) is 28.8 Å². The Bertz CT molecular complexity index is 741. The van der Waals surface area contributed by atoms with Crippen LogP contribution in [-0.4, -0.2) is 32.6 Å². The van der Waals surface area contributed by atoms with Gasteiger partial charge in [0, 0.05) is 23.9 Å². The first-order valence-corrected chi connectivity index (χ1v) is 8.62. The molecule has 3 rings (SSSR count). The molecule has 1 aliphatic rings. The molecule has 0 bridgehead atoms. The number of nitrogens with two attached hydrogens (primary N) is 1. The van der Waals surface area contributed by atoms with Crippen LogP contribution in [0, 0.1) is 12.3 Å². The van der Waals surface area contributed by atoms with Gasteiger partial charge in [0.05, 0.1) is 11.6 Å². The van der Waals surface area contributed by atoms with Crippen LogP contribution < -0.4 is 15.2 Å². The highest BCUT2D eigenvalue weighted by molar-refractivity contribution is 8.11. The van der Waals surface area contributed by atoms with E-state index < -0.39 is 0 Å². The molecule has 126 valence electrons. The Balaban J connectivity index is 1.62. The van der Waals surface area contributed by atoms with Crippen LogP contribution in [0.5, 0.6) is 5.88 Å². The molecule has 4 N–H and O–H groups in total. The normalized spacial score (nSPS) is 19.0. The minimum atomic E-state index is 0.0388. The van der Waals surface area contributed by atoms with Crippen LogP contribution in [0.3, 0.4) is 0 Å². The number of ether oxygens (including phenoxy) is 1. The van der Waals surface area contributed by atoms with E-state index >= 15 is 0 Å². The van der Waals surface area contributed by atoms with E-state index in [9.17, 15) is 0 Å². The summed E-state index contributed by atoms with van der Waals surface area (Å²) < 4.78 is 5.88. The molecule has 2 atom stereocenters. The Kier molecular flexibility index (Phi) is 5.17. The minimum Gasteiger partial charge on any atom is -0.473 e. The van der Waals surface area contributed by atoms with Crippen molar-refractivity contribution in [2.45, 2.75) is 25.4 Å². The Morgan fingerprint density at radius 3 is 3.04 bits per heavy atom. The van der Waals surface area contributed by atoms with Gasteiger partial charge in [-0.25, -0.2) is 4.98 Å². The summed E-state index contributed by atoms with van der Waals surface area (Å²) in [6.45, 7) is 2.25. The van der Waals surface area contributed by atoms with E-state index in [1.807, 2.05) is 25.3 Å². The van der Waals surface area contributed by atoms with Crippen LogP contribution in [0.1, 0.15) is 23.6 Å². The first-order valence-electron chi connectivity index (χ1n) is 7.37. The van der Waals surface area contributed by atoms with Crippen LogP contribution in [0.15, 0.2) is 24.4 Å². The molecule has 0 saturated heterocycles. The zero-order valence-electron chi connectivity index (χ0n) is 13.0. The van der Waals surface area contributed by atoms with E-state index in [2.05, 4.69) is 20.3 Å². The third-order valence-electron chi connectivity index (χ3n) is 3.54. The molecule has 2 aromatic heterocycles. The number of anilines is 1. The van der Waals surface area contributed by atoms with Gasteiger partial charge in [-0.3, -0.25) is 15.5 Å². The summed E-state index contributed by atoms with van der Waals surface area (Å²) >= 11 is 6.87. The molecule has 0 aliphatic heterocycles. The first kappa shape index (κ1) is 16.9. The van der Waals surface area contributed by atoms with Crippen molar-refractivity contribution in [3.63, 3.8) is 0 Å². The molecule has 0 amide bonds. The maximum absolute atomic E-state index is 7.50. The van der Waals surface area contributed by atoms with Gasteiger partial charge >= 0.3 is 0 Å². The van der Waals surface area contributed by atoms with Crippen molar-refractivity contribution in [2.75, 3.05) is 11.9 Å². The Hall–Kier alpha value is -1.90. The highest BCUT2D eigenvalue weighted by Crippen LogP contribution is 2.42. The molecule has 1 aliphatic carbocycles. The molecule has 2 aromatic rings. The molecular formula is C15H17ClN6OS. The second kappa shape index (κ2) is 7.33. The second-order valence-corrected chi connectivity index (χ2v) is 6.62. The lowest BCUT2D eigenvalue weighted by atomic mass is 10.2. The highest BCUT2D eigenvalue weighted by Gasteiger charge is 2.42. The topological polar surface area (TPSA) is 110 Å². The molecule has 0 unspecified atom stereocenters. The SMILES string of the molecule is Cc1ccc([C@H]2C[C@@H]2Oc2cc(Cl)nc(NCC(=N)SN)n2)nc1. The average molecular weight is 365 g/mol. The van der Waals surface area contributed by atoms with Crippen LogP contribution in [0.2, 0.25) is 5.15 Å². The molecule has 0 radical (unpaired) electrons. The number of aromatic nitrogens is 3. The summed E-state index contributed by atoms with van der Waals surface area (Å²) in [6, 6.07) is 5.65. The fraction of sp³-hybridized carbons (Fsp3) is 0.333. The van der Waals surface area contributed by atoms with Gasteiger partial charge in [0.15, 0.2) is 0 Å². The third kappa shape index (κ3) is 4.34. The van der Waals surface area contributed by atoms with Crippen molar-refractivity contribution in [2.24, 2.45) is 5.14 Å². The Morgan fingerprint density at radius 1 is 1.50 bits per heavy atom. The smallest absolute Gasteiger partial charge is 0.227 e. The van der Waals surface area contributed by atoms with Crippen molar-refractivity contribution < 1.29 is 4.74 Å². The van der Waals surface area contributed by atoms with E-state index in [4.69, 9.17) is 26.9 Å². The third-order valence-corrected chi connectivity index (χ3v) is 4.16. The summed E-state index contributed by atoms with van der Waals surface area (Å²) in [4.78, 5) is 12.8. The number of nitrogens with one attached hydrogen (secondary N) is 2. The van der Waals surface area contributed by atoms with Gasteiger partial charge in [0.2, 0.25) is 11.8 Å². The number of hydrogen-bond acceptors (Lipinski definition) is 8. The van der Waals surface area contributed by atoms with Crippen molar-refractivity contribution in [3.05, 3.63) is 40.8 Å². The molecule has 24 heavy (non-hydrogen) atoms. The zero-order valence-corrected chi connectivity index (χ0v) is 14.6. The van der Waals surface area contributed by atoms with Gasteiger partial charge in [-0.05, 0) is 36.9 Å². The Morgan fingerprint density at radius 2 is 2.33 bits per heavy atom. The summed E-state index contributed by atoms with van der Waals surface area (Å²) in [5.41, 5.74) is 2.16. The van der Waals surface area contributed by atoms with Gasteiger partial charge in [0.1, 0.15) is 11.3 Å². The lowest BCUT2D eigenvalue weighted by molar-refractivity contribution is 0.284. The standard InChI is InChI=1S/C15H17ClN6OS/c1-8-2-3-10(19-6-8)9-4-11(9)23-14-5-12(16)21-15(22-14)20-7-13(17)24-18/h2-3,5-6,9,11,17H,4,7,18H2,1H3,(H,20,21,22)/t9-,11+/m1/s1. The molecule has 7 nitrogen and oxygen atoms in total. The molecule has 2 heterocycles. The zero-order chi connectivity index (χ0) is 17.1. The van der Waals surface area contributed by atoms with Crippen LogP contribution in [0.4, 0.5) is 5.95 Å². The average Bonchev–Trinajstić information content (AvgIpc) is 3.31. The van der Waals surface area contributed by atoms with Crippen molar-refractivity contribution in [3.8, 4) is 5.88 Å². The quantitative estimate of drug-likeness (QED) is 0.313. The summed E-state index contributed by atoms with van der Waals surface area (Å²) in [5.74, 6) is 0.989. The van der Waals surface area contributed by atoms with E-state index in [0.717, 1.165) is 29.6 Å². The molecule has 9 heteroatoms. The maximum Gasteiger partial charge on any atom is 0.227 e. The number of aryl methyl sites for hydroxylation is 1. The maximum atomic E-state index is 7.50. The van der Waals surface area contributed by atoms with Crippen molar-refractivity contribution in [1.29, 1.82) is 5.41 Å². The molecule has 1 fully saturated rings. The highest BCUT2D eigenvalue weighted by atomic mass is 35.5. The first-order chi connectivity index (χ1) is 11.5. The van der Waals surface area contributed by atoms with Gasteiger partial charge in [-0.15, -0.1) is 0 Å². The summed E-state index contributed by atoms with van der Waals surface area (Å²) in [7, 11) is 0. The number of nitrogens with zero attached hydrogens (tertiary/aromatic N) is 3. The lowest BCUT2D eigenvalue weighted by Gasteiger charge is -2.08. The molecule has 0 spiro atoms. The molecule has 1 saturated carbocycles. The number of rotatable bonds is 6. The monoisotopic (exact) mass is 364 g/mol. The van der Waals surface area contributed by atoms with Crippen molar-refractivity contribution >= 4 is 34.5 Å². The summed E-state index contributed by atoms with van der Waals surface area (Å²) in [5, 5.41) is 16.3. The van der Waals surface area contributed by atoms with Crippen molar-refractivity contribution in [1.82, 2.24) is 15.0 Å². The predicted octanol–water partition coefficient (Wildman–Crippen LogP) is 2.76.